The predicted octanol–water partition coefficient (Wildman–Crippen LogP) is -2.05. The fraction of sp³-hybridized carbons (Fsp3) is 0.758. The minimum Gasteiger partial charge on any atom is -0.386 e. The van der Waals surface area contributed by atoms with Crippen LogP contribution in [0.25, 0.3) is 11.2 Å². The van der Waals surface area contributed by atoms with E-state index in [0.29, 0.717) is 18.8 Å². The molecule has 0 aromatic carbocycles. The third-order valence-electron chi connectivity index (χ3n) is 9.25. The zero-order valence-corrected chi connectivity index (χ0v) is 39.4. The number of nitrogen functional groups attached to an aromatic ring is 1. The number of fused-ring (bicyclic) bond motifs is 1. The third-order valence-corrected chi connectivity index (χ3v) is 13.3. The summed E-state index contributed by atoms with van der Waals surface area (Å²) in [6.45, 7) is 5.41. The normalized spacial score (nSPS) is 20.3. The van der Waals surface area contributed by atoms with Gasteiger partial charge in [0.1, 0.15) is 36.3 Å². The van der Waals surface area contributed by atoms with Gasteiger partial charge in [0.25, 0.3) is 0 Å². The lowest BCUT2D eigenvalue weighted by Crippen LogP contribution is -2.46. The van der Waals surface area contributed by atoms with Crippen LogP contribution in [0, 0.1) is 5.41 Å². The number of hydrogen-bond acceptors (Lipinski definition) is 21. The first-order chi connectivity index (χ1) is 30.6. The topological polar surface area (TPSA) is 426 Å². The van der Waals surface area contributed by atoms with Gasteiger partial charge in [-0.15, -0.1) is 0 Å². The molecule has 3 rings (SSSR count). The van der Waals surface area contributed by atoms with Crippen molar-refractivity contribution in [1.29, 1.82) is 0 Å². The van der Waals surface area contributed by atoms with Crippen molar-refractivity contribution < 1.29 is 80.5 Å². The largest absolute Gasteiger partial charge is 0.481 e. The maximum atomic E-state index is 12.7. The molecule has 7 atom stereocenters. The average molecular weight is 1010 g/mol. The van der Waals surface area contributed by atoms with Crippen molar-refractivity contribution in [2.24, 2.45) is 11.1 Å². The zero-order chi connectivity index (χ0) is 48.3. The summed E-state index contributed by atoms with van der Waals surface area (Å²) in [4.78, 5) is 88.0. The first-order valence-electron chi connectivity index (χ1n) is 20.4. The second-order valence-corrected chi connectivity index (χ2v) is 20.5. The number of aliphatic hydroxyl groups is 2. The standard InChI is InChI=1S/C33H62N11O17P3S/c1-33(2,28(48)31(49)40-14-7-23(45)39-15-16-65-18-24(46)38-13-6-12-37-10-4-3-9-36-11-5-8-34)19-58-64(55,56)61-63(53,54)57-17-22-27(60-62(50,51)52)26(47)32(59-22)44-21-43-25-29(35)41-20-42-30(25)44/h20-22,26-28,32,36-37,47-48H,3-19,34H2,1-2H3,(H,38,46)(H,39,45)(H,40,49)(H,53,54)(H,55,56)(H2,35,41,42)(H2,50,51,52)/t22-,26-,27-,28+,32-/m1/s1. The lowest BCUT2D eigenvalue weighted by Gasteiger charge is -2.30. The molecule has 2 aromatic heterocycles. The monoisotopic (exact) mass is 1010 g/mol. The third kappa shape index (κ3) is 20.6. The van der Waals surface area contributed by atoms with Gasteiger partial charge in [0.2, 0.25) is 17.7 Å². The number of aliphatic hydroxyl groups excluding tert-OH is 2. The summed E-state index contributed by atoms with van der Waals surface area (Å²) in [5.74, 6) is -0.857. The van der Waals surface area contributed by atoms with Crippen LogP contribution in [-0.2, 0) is 50.7 Å². The molecular formula is C33H62N11O17P3S. The van der Waals surface area contributed by atoms with E-state index in [-0.39, 0.29) is 48.2 Å². The van der Waals surface area contributed by atoms with Crippen molar-refractivity contribution in [2.75, 3.05) is 82.8 Å². The van der Waals surface area contributed by atoms with Gasteiger partial charge in [-0.2, -0.15) is 16.1 Å². The van der Waals surface area contributed by atoms with Gasteiger partial charge in [0.15, 0.2) is 17.7 Å². The highest BCUT2D eigenvalue weighted by atomic mass is 32.2. The number of aromatic nitrogens is 4. The Kier molecular flexibility index (Phi) is 23.7. The lowest BCUT2D eigenvalue weighted by atomic mass is 9.87. The van der Waals surface area contributed by atoms with Crippen LogP contribution in [0.3, 0.4) is 0 Å². The maximum absolute atomic E-state index is 12.7. The highest BCUT2D eigenvalue weighted by Crippen LogP contribution is 2.61. The number of ether oxygens (including phenoxy) is 1. The minimum atomic E-state index is -5.58. The molecule has 1 aliphatic rings. The van der Waals surface area contributed by atoms with Gasteiger partial charge < -0.3 is 72.6 Å². The predicted molar refractivity (Wildman–Crippen MR) is 233 cm³/mol. The Morgan fingerprint density at radius 1 is 0.892 bits per heavy atom. The van der Waals surface area contributed by atoms with E-state index in [0.717, 1.165) is 69.1 Å². The van der Waals surface area contributed by atoms with Gasteiger partial charge in [-0.3, -0.25) is 32.5 Å². The van der Waals surface area contributed by atoms with E-state index in [1.165, 1.54) is 25.6 Å². The number of amides is 3. The second-order valence-electron chi connectivity index (χ2n) is 15.2. The van der Waals surface area contributed by atoms with Gasteiger partial charge in [-0.25, -0.2) is 28.6 Å². The molecule has 28 nitrogen and oxygen atoms in total. The molecule has 3 heterocycles. The van der Waals surface area contributed by atoms with E-state index in [1.807, 2.05) is 0 Å². The average Bonchev–Trinajstić information content (AvgIpc) is 3.79. The van der Waals surface area contributed by atoms with Gasteiger partial charge in [0, 0.05) is 37.2 Å². The molecule has 0 spiro atoms. The highest BCUT2D eigenvalue weighted by Gasteiger charge is 2.50. The van der Waals surface area contributed by atoms with Crippen LogP contribution < -0.4 is 38.1 Å². The Hall–Kier alpha value is -2.76. The highest BCUT2D eigenvalue weighted by molar-refractivity contribution is 7.99. The van der Waals surface area contributed by atoms with Crippen molar-refractivity contribution in [3.63, 3.8) is 0 Å². The Balaban J connectivity index is 1.32. The number of thioether (sulfide) groups is 1. The molecule has 0 saturated carbocycles. The lowest BCUT2D eigenvalue weighted by molar-refractivity contribution is -0.137. The number of imidazole rings is 1. The Bertz CT molecular complexity index is 1970. The molecule has 2 unspecified atom stereocenters. The SMILES string of the molecule is CC(C)(COP(=O)(O)OP(=O)(O)OC[C@H]1O[C@@H](n2cnc3c(N)ncnc32)[C@H](O)[C@@H]1OP(=O)(O)O)[C@@H](O)C(=O)NCCC(=O)NCCSCC(=O)NCCCNCCCCNCCCN. The quantitative estimate of drug-likeness (QED) is 0.0270. The van der Waals surface area contributed by atoms with E-state index in [2.05, 4.69) is 50.4 Å². The summed E-state index contributed by atoms with van der Waals surface area (Å²) >= 11 is 1.34. The van der Waals surface area contributed by atoms with Gasteiger partial charge in [-0.05, 0) is 58.4 Å². The van der Waals surface area contributed by atoms with Crippen molar-refractivity contribution >= 4 is 69.9 Å². The summed E-state index contributed by atoms with van der Waals surface area (Å²) in [7, 11) is -16.4. The van der Waals surface area contributed by atoms with Crippen LogP contribution in [0.15, 0.2) is 12.7 Å². The number of nitrogens with one attached hydrogen (secondary N) is 5. The molecule has 0 bridgehead atoms. The Morgan fingerprint density at radius 3 is 2.22 bits per heavy atom. The molecule has 3 amide bonds. The number of nitrogens with two attached hydrogens (primary N) is 2. The number of phosphoric acid groups is 3. The maximum Gasteiger partial charge on any atom is 0.481 e. The van der Waals surface area contributed by atoms with E-state index in [4.69, 9.17) is 25.3 Å². The number of carbonyl (C=O) groups excluding carboxylic acids is 3. The fourth-order valence-corrected chi connectivity index (χ4v) is 9.34. The molecule has 32 heteroatoms. The van der Waals surface area contributed by atoms with Crippen molar-refractivity contribution in [1.82, 2.24) is 46.1 Å². The number of carbonyl (C=O) groups is 3. The number of phosphoric ester groups is 3. The van der Waals surface area contributed by atoms with Gasteiger partial charge >= 0.3 is 23.5 Å². The molecular weight excluding hydrogens is 947 g/mol. The van der Waals surface area contributed by atoms with Crippen LogP contribution in [0.2, 0.25) is 0 Å². The van der Waals surface area contributed by atoms with Gasteiger partial charge in [-0.1, -0.05) is 13.8 Å². The summed E-state index contributed by atoms with van der Waals surface area (Å²) in [6, 6.07) is 0. The van der Waals surface area contributed by atoms with Crippen LogP contribution in [0.5, 0.6) is 0 Å². The molecule has 0 aliphatic carbocycles. The molecule has 1 saturated heterocycles. The number of anilines is 1. The van der Waals surface area contributed by atoms with Crippen LogP contribution in [-0.4, -0.2) is 169 Å². The number of unbranched alkanes of at least 4 members (excludes halogenated alkanes) is 1. The number of nitrogens with zero attached hydrogens (tertiary/aromatic N) is 4. The molecule has 372 valence electrons. The van der Waals surface area contributed by atoms with Crippen molar-refractivity contribution in [3.8, 4) is 0 Å². The van der Waals surface area contributed by atoms with E-state index in [9.17, 15) is 57.9 Å². The number of rotatable bonds is 33. The summed E-state index contributed by atoms with van der Waals surface area (Å²) < 4.78 is 62.3. The van der Waals surface area contributed by atoms with E-state index < -0.39 is 84.6 Å². The van der Waals surface area contributed by atoms with Crippen molar-refractivity contribution in [2.45, 2.75) is 76.6 Å². The summed E-state index contributed by atoms with van der Waals surface area (Å²) in [6.07, 6.45) is -3.01. The van der Waals surface area contributed by atoms with E-state index in [1.54, 1.807) is 0 Å². The molecule has 15 N–H and O–H groups in total. The summed E-state index contributed by atoms with van der Waals surface area (Å²) in [5, 5.41) is 36.1. The molecule has 1 aliphatic heterocycles. The summed E-state index contributed by atoms with van der Waals surface area (Å²) in [5.41, 5.74) is 9.73. The van der Waals surface area contributed by atoms with Gasteiger partial charge in [0.05, 0.1) is 25.3 Å². The smallest absolute Gasteiger partial charge is 0.386 e. The second kappa shape index (κ2) is 27.3. The van der Waals surface area contributed by atoms with Crippen LogP contribution >= 0.6 is 35.2 Å². The molecule has 0 radical (unpaired) electrons. The first-order valence-corrected chi connectivity index (χ1v) is 26.1. The molecule has 2 aromatic rings. The number of hydrogen-bond donors (Lipinski definition) is 13. The van der Waals surface area contributed by atoms with Crippen molar-refractivity contribution in [3.05, 3.63) is 12.7 Å². The first kappa shape index (κ1) is 56.6. The fourth-order valence-electron chi connectivity index (χ4n) is 5.84. The molecule has 65 heavy (non-hydrogen) atoms. The molecule has 1 fully saturated rings. The Morgan fingerprint density at radius 2 is 1.54 bits per heavy atom. The minimum absolute atomic E-state index is 0.0297. The van der Waals surface area contributed by atoms with Crippen LogP contribution in [0.1, 0.15) is 52.2 Å². The zero-order valence-electron chi connectivity index (χ0n) is 35.9. The van der Waals surface area contributed by atoms with E-state index >= 15 is 0 Å². The van der Waals surface area contributed by atoms with Crippen LogP contribution in [0.4, 0.5) is 5.82 Å². The Labute approximate surface area is 378 Å².